The van der Waals surface area contributed by atoms with E-state index in [-0.39, 0.29) is 18.0 Å². The molecular formula is C35H35N5OS. The Labute approximate surface area is 252 Å². The second-order valence-corrected chi connectivity index (χ2v) is 11.5. The number of nitrogens with one attached hydrogen (secondary N) is 2. The summed E-state index contributed by atoms with van der Waals surface area (Å²) >= 11 is 5.90. The summed E-state index contributed by atoms with van der Waals surface area (Å²) < 4.78 is 2.32. The lowest BCUT2D eigenvalue weighted by Crippen LogP contribution is -2.33. The predicted octanol–water partition coefficient (Wildman–Crippen LogP) is 7.26. The van der Waals surface area contributed by atoms with E-state index >= 15 is 0 Å². The molecule has 42 heavy (non-hydrogen) atoms. The number of anilines is 1. The molecule has 2 atom stereocenters. The zero-order chi connectivity index (χ0) is 29.4. The molecule has 2 aromatic heterocycles. The van der Waals surface area contributed by atoms with Gasteiger partial charge < -0.3 is 20.1 Å². The zero-order valence-corrected chi connectivity index (χ0v) is 25.2. The number of hydrogen-bond donors (Lipinski definition) is 2. The molecular weight excluding hydrogens is 538 g/mol. The lowest BCUT2D eigenvalue weighted by molar-refractivity contribution is -0.116. The highest BCUT2D eigenvalue weighted by Gasteiger charge is 2.41. The fraction of sp³-hybridized carbons (Fsp3) is 0.229. The first-order valence-electron chi connectivity index (χ1n) is 14.3. The van der Waals surface area contributed by atoms with E-state index in [2.05, 4.69) is 84.2 Å². The Kier molecular flexibility index (Phi) is 7.52. The molecule has 0 unspecified atom stereocenters. The van der Waals surface area contributed by atoms with E-state index in [1.807, 2.05) is 54.7 Å². The van der Waals surface area contributed by atoms with Gasteiger partial charge in [-0.15, -0.1) is 0 Å². The van der Waals surface area contributed by atoms with E-state index in [1.165, 1.54) is 16.7 Å². The molecule has 212 valence electrons. The SMILES string of the molecule is Cc1cc(C)cc(-n2c(C)cc([C@H]3[C@@H](c4ccccn4)NC(=S)N3CCC(=O)Nc3cccc4ccccc34)c2C)c1. The van der Waals surface area contributed by atoms with Crippen molar-refractivity contribution in [1.82, 2.24) is 19.8 Å². The van der Waals surface area contributed by atoms with E-state index in [1.54, 1.807) is 0 Å². The fourth-order valence-corrected chi connectivity index (χ4v) is 6.65. The van der Waals surface area contributed by atoms with Crippen LogP contribution in [0.5, 0.6) is 0 Å². The van der Waals surface area contributed by atoms with Gasteiger partial charge in [-0.3, -0.25) is 9.78 Å². The van der Waals surface area contributed by atoms with E-state index < -0.39 is 0 Å². The molecule has 7 heteroatoms. The van der Waals surface area contributed by atoms with Gasteiger partial charge in [-0.1, -0.05) is 48.5 Å². The molecule has 5 aromatic rings. The van der Waals surface area contributed by atoms with Crippen LogP contribution in [-0.2, 0) is 4.79 Å². The van der Waals surface area contributed by atoms with Crippen molar-refractivity contribution < 1.29 is 4.79 Å². The molecule has 0 spiro atoms. The number of rotatable bonds is 7. The monoisotopic (exact) mass is 573 g/mol. The molecule has 1 saturated heterocycles. The molecule has 1 aliphatic heterocycles. The summed E-state index contributed by atoms with van der Waals surface area (Å²) in [6.45, 7) is 9.05. The molecule has 0 bridgehead atoms. The molecule has 6 rings (SSSR count). The van der Waals surface area contributed by atoms with Crippen molar-refractivity contribution in [1.29, 1.82) is 0 Å². The van der Waals surface area contributed by atoms with Gasteiger partial charge in [0, 0.05) is 47.3 Å². The van der Waals surface area contributed by atoms with Gasteiger partial charge in [-0.2, -0.15) is 0 Å². The molecule has 1 aliphatic rings. The first-order valence-corrected chi connectivity index (χ1v) is 14.7. The van der Waals surface area contributed by atoms with Crippen LogP contribution in [0.1, 0.15) is 52.3 Å². The molecule has 1 amide bonds. The highest BCUT2D eigenvalue weighted by atomic mass is 32.1. The third kappa shape index (κ3) is 5.28. The van der Waals surface area contributed by atoms with Gasteiger partial charge in [0.1, 0.15) is 0 Å². The van der Waals surface area contributed by atoms with Crippen LogP contribution in [0.15, 0.2) is 91.1 Å². The first-order chi connectivity index (χ1) is 20.3. The van der Waals surface area contributed by atoms with Gasteiger partial charge in [-0.05, 0) is 98.4 Å². The van der Waals surface area contributed by atoms with Gasteiger partial charge in [0.25, 0.3) is 0 Å². The summed E-state index contributed by atoms with van der Waals surface area (Å²) in [4.78, 5) is 20.1. The van der Waals surface area contributed by atoms with E-state index in [0.717, 1.165) is 39.2 Å². The molecule has 3 aromatic carbocycles. The van der Waals surface area contributed by atoms with Crippen molar-refractivity contribution in [2.24, 2.45) is 0 Å². The number of carbonyl (C=O) groups excluding carboxylic acids is 1. The van der Waals surface area contributed by atoms with Crippen molar-refractivity contribution in [3.8, 4) is 5.69 Å². The van der Waals surface area contributed by atoms with Gasteiger partial charge in [-0.25, -0.2) is 0 Å². The van der Waals surface area contributed by atoms with Crippen molar-refractivity contribution in [2.45, 2.75) is 46.2 Å². The average Bonchev–Trinajstić information content (AvgIpc) is 3.46. The Balaban J connectivity index is 1.32. The fourth-order valence-electron chi connectivity index (χ4n) is 6.32. The van der Waals surface area contributed by atoms with E-state index in [0.29, 0.717) is 18.1 Å². The molecule has 0 aliphatic carbocycles. The largest absolute Gasteiger partial charge is 0.352 e. The van der Waals surface area contributed by atoms with Crippen LogP contribution in [0, 0.1) is 27.7 Å². The van der Waals surface area contributed by atoms with Crippen LogP contribution in [0.4, 0.5) is 5.69 Å². The van der Waals surface area contributed by atoms with Gasteiger partial charge in [0.2, 0.25) is 5.91 Å². The number of pyridine rings is 1. The highest BCUT2D eigenvalue weighted by molar-refractivity contribution is 7.80. The standard InChI is InChI=1S/C35H35N5OS/c1-22-18-23(2)20-27(19-22)40-24(3)21-29(25(40)4)34-33(31-13-7-8-16-36-31)38-35(42)39(34)17-15-32(41)37-30-14-9-11-26-10-5-6-12-28(26)30/h5-14,16,18-21,33-34H,15,17H2,1-4H3,(H,37,41)(H,38,42)/t33-,34+/m1/s1. The number of nitrogens with zero attached hydrogens (tertiary/aromatic N) is 3. The molecule has 2 N–H and O–H groups in total. The Morgan fingerprint density at radius 1 is 0.929 bits per heavy atom. The number of thiocarbonyl (C=S) groups is 1. The maximum Gasteiger partial charge on any atom is 0.226 e. The zero-order valence-electron chi connectivity index (χ0n) is 24.4. The number of aromatic nitrogens is 2. The number of hydrogen-bond acceptors (Lipinski definition) is 3. The van der Waals surface area contributed by atoms with Crippen molar-refractivity contribution in [2.75, 3.05) is 11.9 Å². The first kappa shape index (κ1) is 27.7. The number of amides is 1. The lowest BCUT2D eigenvalue weighted by atomic mass is 9.96. The number of fused-ring (bicyclic) bond motifs is 1. The second kappa shape index (κ2) is 11.4. The Bertz CT molecular complexity index is 1770. The third-order valence-corrected chi connectivity index (χ3v) is 8.45. The van der Waals surface area contributed by atoms with Gasteiger partial charge >= 0.3 is 0 Å². The Morgan fingerprint density at radius 3 is 2.43 bits per heavy atom. The summed E-state index contributed by atoms with van der Waals surface area (Å²) in [5, 5.41) is 9.42. The summed E-state index contributed by atoms with van der Waals surface area (Å²) in [5.74, 6) is -0.0464. The van der Waals surface area contributed by atoms with Crippen LogP contribution < -0.4 is 10.6 Å². The Morgan fingerprint density at radius 2 is 1.67 bits per heavy atom. The summed E-state index contributed by atoms with van der Waals surface area (Å²) in [7, 11) is 0. The second-order valence-electron chi connectivity index (χ2n) is 11.2. The lowest BCUT2D eigenvalue weighted by Gasteiger charge is -2.28. The van der Waals surface area contributed by atoms with E-state index in [9.17, 15) is 4.79 Å². The molecule has 1 fully saturated rings. The van der Waals surface area contributed by atoms with E-state index in [4.69, 9.17) is 17.2 Å². The smallest absolute Gasteiger partial charge is 0.226 e. The van der Waals surface area contributed by atoms with Gasteiger partial charge in [0.05, 0.1) is 17.8 Å². The van der Waals surface area contributed by atoms with Gasteiger partial charge in [0.15, 0.2) is 5.11 Å². The molecule has 0 saturated carbocycles. The van der Waals surface area contributed by atoms with Crippen LogP contribution in [0.2, 0.25) is 0 Å². The summed E-state index contributed by atoms with van der Waals surface area (Å²) in [6, 6.07) is 28.6. The summed E-state index contributed by atoms with van der Waals surface area (Å²) in [5.41, 5.74) is 8.82. The molecule has 3 heterocycles. The predicted molar refractivity (Wildman–Crippen MR) is 174 cm³/mol. The minimum absolute atomic E-state index is 0.0464. The maximum absolute atomic E-state index is 13.3. The maximum atomic E-state index is 13.3. The Hall–Kier alpha value is -4.49. The highest BCUT2D eigenvalue weighted by Crippen LogP contribution is 2.41. The molecule has 0 radical (unpaired) electrons. The third-order valence-electron chi connectivity index (χ3n) is 8.09. The van der Waals surface area contributed by atoms with Crippen LogP contribution in [0.25, 0.3) is 16.5 Å². The normalized spacial score (nSPS) is 16.6. The van der Waals surface area contributed by atoms with Crippen molar-refractivity contribution in [3.05, 3.63) is 125 Å². The van der Waals surface area contributed by atoms with Crippen molar-refractivity contribution in [3.63, 3.8) is 0 Å². The number of benzene rings is 3. The quantitative estimate of drug-likeness (QED) is 0.201. The topological polar surface area (TPSA) is 62.2 Å². The number of aryl methyl sites for hydroxylation is 3. The minimum atomic E-state index is -0.145. The van der Waals surface area contributed by atoms with Crippen LogP contribution in [-0.4, -0.2) is 32.0 Å². The van der Waals surface area contributed by atoms with Crippen LogP contribution in [0.3, 0.4) is 0 Å². The summed E-state index contributed by atoms with van der Waals surface area (Å²) in [6.07, 6.45) is 2.11. The van der Waals surface area contributed by atoms with Crippen LogP contribution >= 0.6 is 12.2 Å². The average molecular weight is 574 g/mol. The number of carbonyl (C=O) groups is 1. The molecule has 6 nitrogen and oxygen atoms in total. The minimum Gasteiger partial charge on any atom is -0.352 e. The van der Waals surface area contributed by atoms with Crippen molar-refractivity contribution >= 4 is 39.7 Å².